The van der Waals surface area contributed by atoms with Gasteiger partial charge in [-0.3, -0.25) is 0 Å². The van der Waals surface area contributed by atoms with E-state index < -0.39 is 0 Å². The molecular formula is C21H31NO2S. The number of nitrogens with zero attached hydrogens (tertiary/aromatic N) is 1. The van der Waals surface area contributed by atoms with Crippen molar-refractivity contribution >= 4 is 22.9 Å². The molecule has 0 bridgehead atoms. The fourth-order valence-corrected chi connectivity index (χ4v) is 4.55. The number of thiophene rings is 1. The van der Waals surface area contributed by atoms with Crippen LogP contribution in [0.5, 0.6) is 0 Å². The Morgan fingerprint density at radius 3 is 2.88 bits per heavy atom. The third-order valence-electron chi connectivity index (χ3n) is 5.02. The lowest BCUT2D eigenvalue weighted by molar-refractivity contribution is 0.0600. The smallest absolute Gasteiger partial charge is 0.338 e. The molecule has 0 saturated carbocycles. The van der Waals surface area contributed by atoms with Gasteiger partial charge in [0.1, 0.15) is 0 Å². The molecule has 1 aliphatic rings. The number of allylic oxidation sites excluding steroid dienone is 3. The van der Waals surface area contributed by atoms with Gasteiger partial charge in [0.05, 0.1) is 12.7 Å². The lowest BCUT2D eigenvalue weighted by Gasteiger charge is -2.10. The Hall–Kier alpha value is -1.39. The predicted molar refractivity (Wildman–Crippen MR) is 107 cm³/mol. The van der Waals surface area contributed by atoms with Crippen molar-refractivity contribution in [1.82, 2.24) is 4.90 Å². The predicted octanol–water partition coefficient (Wildman–Crippen LogP) is 5.46. The zero-order chi connectivity index (χ0) is 18.2. The summed E-state index contributed by atoms with van der Waals surface area (Å²) in [6.45, 7) is 6.52. The SMILES string of the molecule is C/C=C(/CCC/C=C1\CCCN(C)CC1)c1scc(C(=O)OC)c1C. The number of carbonyl (C=O) groups is 1. The first-order valence-corrected chi connectivity index (χ1v) is 10.1. The van der Waals surface area contributed by atoms with E-state index in [-0.39, 0.29) is 5.97 Å². The first-order valence-electron chi connectivity index (χ1n) is 9.25. The summed E-state index contributed by atoms with van der Waals surface area (Å²) in [5, 5.41) is 1.92. The highest BCUT2D eigenvalue weighted by Gasteiger charge is 2.16. The van der Waals surface area contributed by atoms with Crippen LogP contribution in [0, 0.1) is 6.92 Å². The quantitative estimate of drug-likeness (QED) is 0.383. The molecule has 0 N–H and O–H groups in total. The molecule has 0 radical (unpaired) electrons. The zero-order valence-electron chi connectivity index (χ0n) is 16.1. The molecule has 0 aromatic carbocycles. The van der Waals surface area contributed by atoms with Crippen LogP contribution >= 0.6 is 11.3 Å². The number of carbonyl (C=O) groups excluding carboxylic acids is 1. The summed E-state index contributed by atoms with van der Waals surface area (Å²) in [7, 11) is 3.65. The van der Waals surface area contributed by atoms with Crippen LogP contribution in [0.15, 0.2) is 23.1 Å². The van der Waals surface area contributed by atoms with E-state index in [1.54, 1.807) is 16.9 Å². The number of hydrogen-bond acceptors (Lipinski definition) is 4. The molecule has 2 heterocycles. The highest BCUT2D eigenvalue weighted by Crippen LogP contribution is 2.32. The number of esters is 1. The largest absolute Gasteiger partial charge is 0.465 e. The maximum Gasteiger partial charge on any atom is 0.338 e. The number of rotatable bonds is 6. The maximum atomic E-state index is 11.8. The summed E-state index contributed by atoms with van der Waals surface area (Å²) in [4.78, 5) is 15.5. The average molecular weight is 362 g/mol. The van der Waals surface area contributed by atoms with E-state index in [2.05, 4.69) is 31.0 Å². The van der Waals surface area contributed by atoms with Crippen LogP contribution < -0.4 is 0 Å². The summed E-state index contributed by atoms with van der Waals surface area (Å²) in [6, 6.07) is 0. The van der Waals surface area contributed by atoms with Crippen LogP contribution in [-0.2, 0) is 4.74 Å². The van der Waals surface area contributed by atoms with E-state index in [0.717, 1.165) is 24.8 Å². The molecule has 1 aromatic rings. The third-order valence-corrected chi connectivity index (χ3v) is 6.18. The minimum Gasteiger partial charge on any atom is -0.465 e. The lowest BCUT2D eigenvalue weighted by Crippen LogP contribution is -2.18. The van der Waals surface area contributed by atoms with Gasteiger partial charge in [0.15, 0.2) is 0 Å². The van der Waals surface area contributed by atoms with Crippen molar-refractivity contribution in [1.29, 1.82) is 0 Å². The van der Waals surface area contributed by atoms with Crippen molar-refractivity contribution in [2.24, 2.45) is 0 Å². The maximum absolute atomic E-state index is 11.8. The molecule has 3 nitrogen and oxygen atoms in total. The molecule has 0 atom stereocenters. The highest BCUT2D eigenvalue weighted by atomic mass is 32.1. The molecule has 0 unspecified atom stereocenters. The van der Waals surface area contributed by atoms with Gasteiger partial charge in [-0.25, -0.2) is 4.79 Å². The minimum absolute atomic E-state index is 0.237. The van der Waals surface area contributed by atoms with Crippen molar-refractivity contribution in [2.45, 2.75) is 52.4 Å². The van der Waals surface area contributed by atoms with Gasteiger partial charge in [0.25, 0.3) is 0 Å². The van der Waals surface area contributed by atoms with E-state index in [4.69, 9.17) is 4.74 Å². The van der Waals surface area contributed by atoms with Crippen LogP contribution in [-0.4, -0.2) is 38.1 Å². The van der Waals surface area contributed by atoms with E-state index in [1.807, 2.05) is 12.3 Å². The molecular weight excluding hydrogens is 330 g/mol. The Kier molecular flexibility index (Phi) is 7.91. The van der Waals surface area contributed by atoms with E-state index >= 15 is 0 Å². The first kappa shape index (κ1) is 19.9. The van der Waals surface area contributed by atoms with Crippen LogP contribution in [0.4, 0.5) is 0 Å². The van der Waals surface area contributed by atoms with Crippen LogP contribution in [0.3, 0.4) is 0 Å². The molecule has 0 spiro atoms. The van der Waals surface area contributed by atoms with Gasteiger partial charge in [-0.15, -0.1) is 11.3 Å². The van der Waals surface area contributed by atoms with E-state index in [1.165, 1.54) is 49.9 Å². The van der Waals surface area contributed by atoms with Crippen molar-refractivity contribution in [3.63, 3.8) is 0 Å². The number of likely N-dealkylation sites (tertiary alicyclic amines) is 1. The van der Waals surface area contributed by atoms with Gasteiger partial charge in [0.2, 0.25) is 0 Å². The van der Waals surface area contributed by atoms with Crippen LogP contribution in [0.1, 0.15) is 66.2 Å². The van der Waals surface area contributed by atoms with Crippen molar-refractivity contribution in [3.05, 3.63) is 39.1 Å². The molecule has 1 fully saturated rings. The van der Waals surface area contributed by atoms with Crippen molar-refractivity contribution in [2.75, 3.05) is 27.2 Å². The summed E-state index contributed by atoms with van der Waals surface area (Å²) < 4.78 is 4.86. The molecule has 0 amide bonds. The fraction of sp³-hybridized carbons (Fsp3) is 0.571. The summed E-state index contributed by atoms with van der Waals surface area (Å²) in [5.41, 5.74) is 4.73. The summed E-state index contributed by atoms with van der Waals surface area (Å²) >= 11 is 1.65. The second kappa shape index (κ2) is 9.93. The molecule has 25 heavy (non-hydrogen) atoms. The summed E-state index contributed by atoms with van der Waals surface area (Å²) in [5.74, 6) is -0.237. The van der Waals surface area contributed by atoms with Gasteiger partial charge < -0.3 is 9.64 Å². The van der Waals surface area contributed by atoms with Gasteiger partial charge in [-0.05, 0) is 77.1 Å². The average Bonchev–Trinajstić information content (AvgIpc) is 2.86. The normalized spacial score (nSPS) is 18.4. The molecule has 138 valence electrons. The Balaban J connectivity index is 1.91. The summed E-state index contributed by atoms with van der Waals surface area (Å²) in [6.07, 6.45) is 11.8. The van der Waals surface area contributed by atoms with Gasteiger partial charge in [0, 0.05) is 16.8 Å². The first-order chi connectivity index (χ1) is 12.1. The molecule has 1 aliphatic heterocycles. The second-order valence-corrected chi connectivity index (χ2v) is 7.70. The zero-order valence-corrected chi connectivity index (χ0v) is 16.9. The van der Waals surface area contributed by atoms with Crippen LogP contribution in [0.25, 0.3) is 5.57 Å². The Bertz CT molecular complexity index is 642. The minimum atomic E-state index is -0.237. The van der Waals surface area contributed by atoms with Crippen molar-refractivity contribution < 1.29 is 9.53 Å². The number of hydrogen-bond donors (Lipinski definition) is 0. The Morgan fingerprint density at radius 1 is 1.36 bits per heavy atom. The number of methoxy groups -OCH3 is 1. The van der Waals surface area contributed by atoms with Gasteiger partial charge in [-0.2, -0.15) is 0 Å². The van der Waals surface area contributed by atoms with Gasteiger partial charge >= 0.3 is 5.97 Å². The molecule has 2 rings (SSSR count). The molecule has 4 heteroatoms. The van der Waals surface area contributed by atoms with E-state index in [0.29, 0.717) is 5.56 Å². The molecule has 1 aromatic heterocycles. The molecule has 0 aliphatic carbocycles. The monoisotopic (exact) mass is 361 g/mol. The van der Waals surface area contributed by atoms with E-state index in [9.17, 15) is 4.79 Å². The fourth-order valence-electron chi connectivity index (χ4n) is 3.38. The number of ether oxygens (including phenoxy) is 1. The third kappa shape index (κ3) is 5.55. The lowest BCUT2D eigenvalue weighted by atomic mass is 10.0. The van der Waals surface area contributed by atoms with Gasteiger partial charge in [-0.1, -0.05) is 17.7 Å². The second-order valence-electron chi connectivity index (χ2n) is 6.82. The van der Waals surface area contributed by atoms with Crippen molar-refractivity contribution in [3.8, 4) is 0 Å². The number of unbranched alkanes of at least 4 members (excludes halogenated alkanes) is 1. The topological polar surface area (TPSA) is 29.5 Å². The van der Waals surface area contributed by atoms with Crippen LogP contribution in [0.2, 0.25) is 0 Å². The standard InChI is InChI=1S/C21H31NO2S/c1-5-18(20-16(2)19(15-25-20)21(23)24-4)11-7-6-9-17-10-8-13-22(3)14-12-17/h5,9,15H,6-8,10-14H2,1-4H3/b17-9+,18-5-. The Morgan fingerprint density at radius 2 is 2.16 bits per heavy atom. The molecule has 1 saturated heterocycles. The Labute approximate surface area is 156 Å². The highest BCUT2D eigenvalue weighted by molar-refractivity contribution is 7.11.